The maximum absolute atomic E-state index is 12.4. The smallest absolute Gasteiger partial charge is 0.224 e. The van der Waals surface area contributed by atoms with Gasteiger partial charge in [-0.25, -0.2) is 0 Å². The lowest BCUT2D eigenvalue weighted by Gasteiger charge is -2.22. The summed E-state index contributed by atoms with van der Waals surface area (Å²) in [7, 11) is 3.12. The second-order valence-corrected chi connectivity index (χ2v) is 6.88. The summed E-state index contributed by atoms with van der Waals surface area (Å²) in [6.45, 7) is 8.11. The average molecular weight is 401 g/mol. The number of nitrogens with zero attached hydrogens (tertiary/aromatic N) is 1. The molecule has 0 saturated carbocycles. The third-order valence-corrected chi connectivity index (χ3v) is 5.06. The van der Waals surface area contributed by atoms with Crippen LogP contribution in [0.4, 0.5) is 11.4 Å². The molecule has 0 saturated heterocycles. The molecule has 1 atom stereocenters. The van der Waals surface area contributed by atoms with Crippen molar-refractivity contribution in [1.82, 2.24) is 0 Å². The summed E-state index contributed by atoms with van der Waals surface area (Å²) >= 11 is 0. The standard InChI is InChI=1S/C23H32N2O4/c1-6-25(7-2)17-8-11-20(16(3)14-17)24-23(27)13-12-21(26)19-10-9-18(28-4)15-22(19)29-5/h8-11,14-15,21,26H,6-7,12-13H2,1-5H3,(H,24,27). The van der Waals surface area contributed by atoms with Crippen LogP contribution in [0.2, 0.25) is 0 Å². The molecule has 0 spiro atoms. The van der Waals surface area contributed by atoms with Crippen molar-refractivity contribution in [1.29, 1.82) is 0 Å². The number of nitrogens with one attached hydrogen (secondary N) is 1. The zero-order valence-corrected chi connectivity index (χ0v) is 18.0. The highest BCUT2D eigenvalue weighted by atomic mass is 16.5. The van der Waals surface area contributed by atoms with E-state index in [9.17, 15) is 9.90 Å². The Labute approximate surface area is 173 Å². The molecule has 2 aromatic carbocycles. The maximum atomic E-state index is 12.4. The summed E-state index contributed by atoms with van der Waals surface area (Å²) in [5.74, 6) is 1.06. The first-order valence-electron chi connectivity index (χ1n) is 9.98. The van der Waals surface area contributed by atoms with Gasteiger partial charge in [-0.3, -0.25) is 4.79 Å². The third kappa shape index (κ3) is 5.87. The molecule has 6 heteroatoms. The molecule has 1 amide bonds. The molecule has 2 aromatic rings. The van der Waals surface area contributed by atoms with Gasteiger partial charge in [-0.1, -0.05) is 0 Å². The second-order valence-electron chi connectivity index (χ2n) is 6.88. The van der Waals surface area contributed by atoms with Crippen molar-refractivity contribution in [2.45, 2.75) is 39.7 Å². The van der Waals surface area contributed by atoms with Gasteiger partial charge >= 0.3 is 0 Å². The van der Waals surface area contributed by atoms with Gasteiger partial charge in [-0.2, -0.15) is 0 Å². The van der Waals surface area contributed by atoms with Gasteiger partial charge in [0.05, 0.1) is 20.3 Å². The summed E-state index contributed by atoms with van der Waals surface area (Å²) in [5, 5.41) is 13.5. The van der Waals surface area contributed by atoms with Gasteiger partial charge in [0.25, 0.3) is 0 Å². The number of carbonyl (C=O) groups excluding carboxylic acids is 1. The van der Waals surface area contributed by atoms with E-state index in [1.165, 1.54) is 0 Å². The molecule has 1 unspecified atom stereocenters. The van der Waals surface area contributed by atoms with E-state index in [1.54, 1.807) is 32.4 Å². The van der Waals surface area contributed by atoms with Crippen LogP contribution in [0, 0.1) is 6.92 Å². The average Bonchev–Trinajstić information content (AvgIpc) is 2.74. The third-order valence-electron chi connectivity index (χ3n) is 5.06. The van der Waals surface area contributed by atoms with Crippen LogP contribution in [-0.4, -0.2) is 38.3 Å². The van der Waals surface area contributed by atoms with E-state index in [2.05, 4.69) is 30.1 Å². The highest BCUT2D eigenvalue weighted by molar-refractivity contribution is 5.91. The van der Waals surface area contributed by atoms with Gasteiger partial charge in [0.2, 0.25) is 5.91 Å². The second kappa shape index (κ2) is 10.7. The lowest BCUT2D eigenvalue weighted by atomic mass is 10.0. The Kier molecular flexibility index (Phi) is 8.34. The van der Waals surface area contributed by atoms with Gasteiger partial charge in [0, 0.05) is 42.5 Å². The van der Waals surface area contributed by atoms with E-state index >= 15 is 0 Å². The van der Waals surface area contributed by atoms with Crippen molar-refractivity contribution < 1.29 is 19.4 Å². The predicted molar refractivity (Wildman–Crippen MR) is 117 cm³/mol. The van der Waals surface area contributed by atoms with Gasteiger partial charge < -0.3 is 24.8 Å². The van der Waals surface area contributed by atoms with E-state index in [0.717, 1.165) is 30.0 Å². The van der Waals surface area contributed by atoms with Crippen molar-refractivity contribution in [3.05, 3.63) is 47.5 Å². The molecule has 29 heavy (non-hydrogen) atoms. The molecular weight excluding hydrogens is 368 g/mol. The summed E-state index contributed by atoms with van der Waals surface area (Å²) in [4.78, 5) is 14.7. The number of hydrogen-bond donors (Lipinski definition) is 2. The summed E-state index contributed by atoms with van der Waals surface area (Å²) in [5.41, 5.74) is 3.59. The zero-order valence-electron chi connectivity index (χ0n) is 18.0. The number of aryl methyl sites for hydroxylation is 1. The number of carbonyl (C=O) groups is 1. The quantitative estimate of drug-likeness (QED) is 0.622. The number of aliphatic hydroxyl groups is 1. The Morgan fingerprint density at radius 2 is 1.83 bits per heavy atom. The SMILES string of the molecule is CCN(CC)c1ccc(NC(=O)CCC(O)c2ccc(OC)cc2OC)c(C)c1. The first-order valence-corrected chi connectivity index (χ1v) is 9.98. The van der Waals surface area contributed by atoms with Crippen LogP contribution in [0.15, 0.2) is 36.4 Å². The fourth-order valence-electron chi connectivity index (χ4n) is 3.30. The van der Waals surface area contributed by atoms with E-state index in [1.807, 2.05) is 19.1 Å². The number of rotatable bonds is 10. The van der Waals surface area contributed by atoms with Crippen molar-refractivity contribution in [2.24, 2.45) is 0 Å². The topological polar surface area (TPSA) is 71.0 Å². The molecule has 0 bridgehead atoms. The van der Waals surface area contributed by atoms with Gasteiger partial charge in [-0.05, 0) is 63.1 Å². The Hall–Kier alpha value is -2.73. The molecule has 0 aromatic heterocycles. The number of hydrogen-bond acceptors (Lipinski definition) is 5. The number of amides is 1. The number of methoxy groups -OCH3 is 2. The molecule has 0 aliphatic rings. The summed E-state index contributed by atoms with van der Waals surface area (Å²) in [6, 6.07) is 11.3. The van der Waals surface area contributed by atoms with E-state index in [4.69, 9.17) is 9.47 Å². The summed E-state index contributed by atoms with van der Waals surface area (Å²) in [6.07, 6.45) is -0.300. The molecule has 0 radical (unpaired) electrons. The molecule has 0 aliphatic carbocycles. The number of ether oxygens (including phenoxy) is 2. The fraction of sp³-hybridized carbons (Fsp3) is 0.435. The minimum absolute atomic E-state index is 0.129. The highest BCUT2D eigenvalue weighted by Gasteiger charge is 2.16. The van der Waals surface area contributed by atoms with Crippen LogP contribution in [0.5, 0.6) is 11.5 Å². The van der Waals surface area contributed by atoms with Crippen molar-refractivity contribution in [2.75, 3.05) is 37.5 Å². The van der Waals surface area contributed by atoms with Gasteiger partial charge in [0.15, 0.2) is 0 Å². The highest BCUT2D eigenvalue weighted by Crippen LogP contribution is 2.31. The molecule has 0 aliphatic heterocycles. The van der Waals surface area contributed by atoms with Crippen LogP contribution in [0.25, 0.3) is 0 Å². The molecule has 2 N–H and O–H groups in total. The van der Waals surface area contributed by atoms with Crippen LogP contribution >= 0.6 is 0 Å². The van der Waals surface area contributed by atoms with Gasteiger partial charge in [-0.15, -0.1) is 0 Å². The van der Waals surface area contributed by atoms with Crippen LogP contribution < -0.4 is 19.7 Å². The monoisotopic (exact) mass is 400 g/mol. The van der Waals surface area contributed by atoms with Gasteiger partial charge in [0.1, 0.15) is 11.5 Å². The van der Waals surface area contributed by atoms with Crippen molar-refractivity contribution >= 4 is 17.3 Å². The molecule has 0 heterocycles. The summed E-state index contributed by atoms with van der Waals surface area (Å²) < 4.78 is 10.5. The Bertz CT molecular complexity index is 819. The van der Waals surface area contributed by atoms with E-state index in [-0.39, 0.29) is 12.3 Å². The lowest BCUT2D eigenvalue weighted by Crippen LogP contribution is -2.22. The van der Waals surface area contributed by atoms with Crippen molar-refractivity contribution in [3.8, 4) is 11.5 Å². The normalized spacial score (nSPS) is 11.7. The van der Waals surface area contributed by atoms with Crippen molar-refractivity contribution in [3.63, 3.8) is 0 Å². The van der Waals surface area contributed by atoms with E-state index in [0.29, 0.717) is 23.5 Å². The van der Waals surface area contributed by atoms with E-state index < -0.39 is 6.10 Å². The molecule has 6 nitrogen and oxygen atoms in total. The number of benzene rings is 2. The Morgan fingerprint density at radius 1 is 1.10 bits per heavy atom. The first-order chi connectivity index (χ1) is 13.9. The Balaban J connectivity index is 1.98. The van der Waals surface area contributed by atoms with Crippen LogP contribution in [-0.2, 0) is 4.79 Å². The number of anilines is 2. The molecule has 0 fully saturated rings. The maximum Gasteiger partial charge on any atom is 0.224 e. The minimum atomic E-state index is -0.798. The largest absolute Gasteiger partial charge is 0.497 e. The molecular formula is C23H32N2O4. The molecule has 158 valence electrons. The van der Waals surface area contributed by atoms with Crippen LogP contribution in [0.3, 0.4) is 0 Å². The lowest BCUT2D eigenvalue weighted by molar-refractivity contribution is -0.116. The fourth-order valence-corrected chi connectivity index (χ4v) is 3.30. The minimum Gasteiger partial charge on any atom is -0.497 e. The van der Waals surface area contributed by atoms with Crippen LogP contribution in [0.1, 0.15) is 43.9 Å². The Morgan fingerprint density at radius 3 is 2.41 bits per heavy atom. The zero-order chi connectivity index (χ0) is 21.4. The first kappa shape index (κ1) is 22.6. The number of aliphatic hydroxyl groups excluding tert-OH is 1. The predicted octanol–water partition coefficient (Wildman–Crippen LogP) is 4.31. The molecule has 2 rings (SSSR count).